The first-order valence-corrected chi connectivity index (χ1v) is 8.06. The summed E-state index contributed by atoms with van der Waals surface area (Å²) in [6, 6.07) is 0.214. The maximum atomic E-state index is 12.3. The first kappa shape index (κ1) is 14.5. The van der Waals surface area contributed by atoms with Crippen molar-refractivity contribution >= 4 is 11.7 Å². The second kappa shape index (κ2) is 7.06. The molecule has 1 aliphatic carbocycles. The number of likely N-dealkylation sites (tertiary alicyclic amines) is 1. The van der Waals surface area contributed by atoms with Crippen molar-refractivity contribution in [3.63, 3.8) is 0 Å². The molecule has 0 bridgehead atoms. The number of Topliss-reactive ketones (excluding diaryl/α,β-unsaturated/α-hetero) is 1. The lowest BCUT2D eigenvalue weighted by Crippen LogP contribution is -2.50. The number of hydrogen-bond acceptors (Lipinski definition) is 2. The first-order chi connectivity index (χ1) is 9.24. The minimum absolute atomic E-state index is 0.139. The Labute approximate surface area is 116 Å². The van der Waals surface area contributed by atoms with Crippen molar-refractivity contribution in [3.8, 4) is 0 Å². The Morgan fingerprint density at radius 1 is 1.21 bits per heavy atom. The lowest BCUT2D eigenvalue weighted by molar-refractivity contribution is -0.139. The normalized spacial score (nSPS) is 28.5. The van der Waals surface area contributed by atoms with Crippen LogP contribution in [0.2, 0.25) is 0 Å². The van der Waals surface area contributed by atoms with Crippen LogP contribution in [0.5, 0.6) is 0 Å². The number of hydrogen-bond donors (Lipinski definition) is 0. The highest BCUT2D eigenvalue weighted by atomic mass is 16.2. The molecule has 0 spiro atoms. The number of amides is 1. The molecule has 3 nitrogen and oxygen atoms in total. The number of nitrogens with zero attached hydrogens (tertiary/aromatic N) is 1. The Kier molecular flexibility index (Phi) is 5.41. The molecule has 1 amide bonds. The summed E-state index contributed by atoms with van der Waals surface area (Å²) < 4.78 is 0. The van der Waals surface area contributed by atoms with Crippen LogP contribution in [0.1, 0.15) is 71.1 Å². The van der Waals surface area contributed by atoms with E-state index in [1.54, 1.807) is 0 Å². The highest BCUT2D eigenvalue weighted by Gasteiger charge is 2.37. The molecule has 0 N–H and O–H groups in total. The smallest absolute Gasteiger partial charge is 0.222 e. The average molecular weight is 265 g/mol. The van der Waals surface area contributed by atoms with Crippen LogP contribution in [0, 0.1) is 5.92 Å². The van der Waals surface area contributed by atoms with Gasteiger partial charge < -0.3 is 4.90 Å². The van der Waals surface area contributed by atoms with Crippen LogP contribution < -0.4 is 0 Å². The van der Waals surface area contributed by atoms with E-state index in [9.17, 15) is 9.59 Å². The fourth-order valence-corrected chi connectivity index (χ4v) is 3.57. The molecule has 2 unspecified atom stereocenters. The zero-order chi connectivity index (χ0) is 13.7. The Morgan fingerprint density at radius 3 is 2.74 bits per heavy atom. The van der Waals surface area contributed by atoms with Crippen molar-refractivity contribution in [1.29, 1.82) is 0 Å². The zero-order valence-electron chi connectivity index (χ0n) is 12.2. The second-order valence-electron chi connectivity index (χ2n) is 6.07. The van der Waals surface area contributed by atoms with Gasteiger partial charge in [0.1, 0.15) is 5.78 Å². The Balaban J connectivity index is 2.02. The molecule has 19 heavy (non-hydrogen) atoms. The number of rotatable bonds is 4. The second-order valence-corrected chi connectivity index (χ2v) is 6.07. The molecule has 0 aromatic carbocycles. The molecule has 2 fully saturated rings. The van der Waals surface area contributed by atoms with Crippen molar-refractivity contribution < 1.29 is 9.59 Å². The molecule has 1 aliphatic heterocycles. The van der Waals surface area contributed by atoms with Gasteiger partial charge in [-0.05, 0) is 38.5 Å². The van der Waals surface area contributed by atoms with Gasteiger partial charge in [0.15, 0.2) is 0 Å². The quantitative estimate of drug-likeness (QED) is 0.782. The highest BCUT2D eigenvalue weighted by Crippen LogP contribution is 2.32. The van der Waals surface area contributed by atoms with Crippen LogP contribution in [-0.2, 0) is 9.59 Å². The van der Waals surface area contributed by atoms with Gasteiger partial charge in [-0.15, -0.1) is 0 Å². The van der Waals surface area contributed by atoms with Crippen LogP contribution >= 0.6 is 0 Å². The molecule has 1 heterocycles. The maximum Gasteiger partial charge on any atom is 0.222 e. The van der Waals surface area contributed by atoms with E-state index >= 15 is 0 Å². The van der Waals surface area contributed by atoms with Crippen LogP contribution in [0.3, 0.4) is 0 Å². The fourth-order valence-electron chi connectivity index (χ4n) is 3.57. The van der Waals surface area contributed by atoms with Gasteiger partial charge in [-0.2, -0.15) is 0 Å². The SMILES string of the molecule is CCCCC(=O)N1CCCCC1C1CCCCC1=O. The molecular weight excluding hydrogens is 238 g/mol. The van der Waals surface area contributed by atoms with E-state index in [1.807, 2.05) is 4.90 Å². The van der Waals surface area contributed by atoms with Gasteiger partial charge in [0.25, 0.3) is 0 Å². The Morgan fingerprint density at radius 2 is 2.00 bits per heavy atom. The summed E-state index contributed by atoms with van der Waals surface area (Å²) >= 11 is 0. The van der Waals surface area contributed by atoms with E-state index in [0.29, 0.717) is 12.2 Å². The van der Waals surface area contributed by atoms with E-state index < -0.39 is 0 Å². The molecule has 2 rings (SSSR count). The minimum atomic E-state index is 0.139. The van der Waals surface area contributed by atoms with Gasteiger partial charge in [0, 0.05) is 31.3 Å². The van der Waals surface area contributed by atoms with Gasteiger partial charge in [-0.3, -0.25) is 9.59 Å². The molecule has 1 saturated carbocycles. The van der Waals surface area contributed by atoms with E-state index in [2.05, 4.69) is 6.92 Å². The molecule has 2 aliphatic rings. The molecule has 2 atom stereocenters. The maximum absolute atomic E-state index is 12.3. The summed E-state index contributed by atoms with van der Waals surface area (Å²) in [6.45, 7) is 2.99. The third kappa shape index (κ3) is 3.58. The van der Waals surface area contributed by atoms with Crippen molar-refractivity contribution in [1.82, 2.24) is 4.90 Å². The predicted octanol–water partition coefficient (Wildman–Crippen LogP) is 3.32. The topological polar surface area (TPSA) is 37.4 Å². The van der Waals surface area contributed by atoms with Gasteiger partial charge in [0.05, 0.1) is 0 Å². The van der Waals surface area contributed by atoms with Crippen molar-refractivity contribution in [2.75, 3.05) is 6.54 Å². The summed E-state index contributed by atoms with van der Waals surface area (Å²) in [5.41, 5.74) is 0. The third-order valence-electron chi connectivity index (χ3n) is 4.68. The number of carbonyl (C=O) groups excluding carboxylic acids is 2. The first-order valence-electron chi connectivity index (χ1n) is 8.06. The zero-order valence-corrected chi connectivity index (χ0v) is 12.2. The molecule has 3 heteroatoms. The number of unbranched alkanes of at least 4 members (excludes halogenated alkanes) is 1. The third-order valence-corrected chi connectivity index (χ3v) is 4.68. The minimum Gasteiger partial charge on any atom is -0.339 e. The standard InChI is InChI=1S/C16H27NO2/c1-2-3-11-16(19)17-12-7-6-9-14(17)13-8-4-5-10-15(13)18/h13-14H,2-12H2,1H3. The van der Waals surface area contributed by atoms with E-state index in [1.165, 1.54) is 6.42 Å². The van der Waals surface area contributed by atoms with Gasteiger partial charge >= 0.3 is 0 Å². The summed E-state index contributed by atoms with van der Waals surface area (Å²) in [4.78, 5) is 26.5. The van der Waals surface area contributed by atoms with Gasteiger partial charge in [0.2, 0.25) is 5.91 Å². The Hall–Kier alpha value is -0.860. The van der Waals surface area contributed by atoms with Gasteiger partial charge in [-0.1, -0.05) is 19.8 Å². The van der Waals surface area contributed by atoms with Crippen molar-refractivity contribution in [2.24, 2.45) is 5.92 Å². The molecule has 0 aromatic heterocycles. The summed E-state index contributed by atoms with van der Waals surface area (Å²) in [5, 5.41) is 0. The summed E-state index contributed by atoms with van der Waals surface area (Å²) in [6.07, 6.45) is 9.95. The van der Waals surface area contributed by atoms with Crippen LogP contribution in [-0.4, -0.2) is 29.2 Å². The van der Waals surface area contributed by atoms with Crippen molar-refractivity contribution in [3.05, 3.63) is 0 Å². The van der Waals surface area contributed by atoms with Crippen LogP contribution in [0.15, 0.2) is 0 Å². The largest absolute Gasteiger partial charge is 0.339 e. The van der Waals surface area contributed by atoms with Gasteiger partial charge in [-0.25, -0.2) is 0 Å². The number of ketones is 1. The van der Waals surface area contributed by atoms with Crippen LogP contribution in [0.25, 0.3) is 0 Å². The molecule has 108 valence electrons. The molecular formula is C16H27NO2. The summed E-state index contributed by atoms with van der Waals surface area (Å²) in [7, 11) is 0. The lowest BCUT2D eigenvalue weighted by atomic mass is 9.79. The van der Waals surface area contributed by atoms with Crippen LogP contribution in [0.4, 0.5) is 0 Å². The predicted molar refractivity (Wildman–Crippen MR) is 75.8 cm³/mol. The van der Waals surface area contributed by atoms with Crippen molar-refractivity contribution in [2.45, 2.75) is 77.2 Å². The number of carbonyl (C=O) groups is 2. The monoisotopic (exact) mass is 265 g/mol. The molecule has 1 saturated heterocycles. The summed E-state index contributed by atoms with van der Waals surface area (Å²) in [5.74, 6) is 0.830. The van der Waals surface area contributed by atoms with E-state index in [0.717, 1.165) is 57.9 Å². The van der Waals surface area contributed by atoms with E-state index in [-0.39, 0.29) is 17.9 Å². The highest BCUT2D eigenvalue weighted by molar-refractivity contribution is 5.84. The fraction of sp³-hybridized carbons (Fsp3) is 0.875. The average Bonchev–Trinajstić information content (AvgIpc) is 2.45. The molecule has 0 radical (unpaired) electrons. The molecule has 0 aromatic rings. The number of piperidine rings is 1. The Bertz CT molecular complexity index is 327. The van der Waals surface area contributed by atoms with E-state index in [4.69, 9.17) is 0 Å². The lowest BCUT2D eigenvalue weighted by Gasteiger charge is -2.41.